The number of benzene rings is 1. The van der Waals surface area contributed by atoms with Crippen molar-refractivity contribution in [3.63, 3.8) is 0 Å². The average Bonchev–Trinajstić information content (AvgIpc) is 2.46. The van der Waals surface area contributed by atoms with Crippen LogP contribution in [0, 0.1) is 5.92 Å². The first-order valence-electron chi connectivity index (χ1n) is 7.14. The van der Waals surface area contributed by atoms with Gasteiger partial charge in [0.15, 0.2) is 0 Å². The minimum atomic E-state index is -0.763. The predicted octanol–water partition coefficient (Wildman–Crippen LogP) is 3.03. The maximum absolute atomic E-state index is 12.1. The highest BCUT2D eigenvalue weighted by atomic mass is 16.5. The van der Waals surface area contributed by atoms with Gasteiger partial charge in [-0.2, -0.15) is 0 Å². The van der Waals surface area contributed by atoms with Gasteiger partial charge in [0.05, 0.1) is 0 Å². The molecule has 104 valence electrons. The maximum Gasteiger partial charge on any atom is 0.326 e. The molecule has 1 aromatic rings. The van der Waals surface area contributed by atoms with Crippen molar-refractivity contribution in [1.82, 2.24) is 0 Å². The van der Waals surface area contributed by atoms with Crippen LogP contribution in [0.1, 0.15) is 44.6 Å². The molecule has 1 aliphatic rings. The van der Waals surface area contributed by atoms with Gasteiger partial charge >= 0.3 is 5.97 Å². The summed E-state index contributed by atoms with van der Waals surface area (Å²) in [5.74, 6) is 0.476. The van der Waals surface area contributed by atoms with Gasteiger partial charge in [-0.15, -0.1) is 0 Å². The van der Waals surface area contributed by atoms with Gasteiger partial charge in [0.2, 0.25) is 0 Å². The van der Waals surface area contributed by atoms with Crippen molar-refractivity contribution >= 4 is 5.97 Å². The molecule has 1 fully saturated rings. The first-order valence-corrected chi connectivity index (χ1v) is 7.14. The number of carbonyl (C=O) groups is 1. The zero-order valence-electron chi connectivity index (χ0n) is 11.6. The van der Waals surface area contributed by atoms with Crippen molar-refractivity contribution < 1.29 is 9.53 Å². The zero-order valence-corrected chi connectivity index (χ0v) is 11.6. The number of carbonyl (C=O) groups excluding carboxylic acids is 1. The minimum absolute atomic E-state index is 0.245. The van der Waals surface area contributed by atoms with Gasteiger partial charge in [0.1, 0.15) is 12.1 Å². The molecule has 1 saturated carbocycles. The van der Waals surface area contributed by atoms with E-state index < -0.39 is 5.54 Å². The van der Waals surface area contributed by atoms with E-state index in [2.05, 4.69) is 6.92 Å². The highest BCUT2D eigenvalue weighted by molar-refractivity contribution is 5.80. The van der Waals surface area contributed by atoms with E-state index in [0.29, 0.717) is 6.61 Å². The third-order valence-corrected chi connectivity index (χ3v) is 4.19. The van der Waals surface area contributed by atoms with Gasteiger partial charge in [-0.1, -0.05) is 43.7 Å². The number of esters is 1. The fourth-order valence-electron chi connectivity index (χ4n) is 2.67. The third kappa shape index (κ3) is 3.57. The molecule has 0 heterocycles. The largest absolute Gasteiger partial charge is 0.459 e. The van der Waals surface area contributed by atoms with Crippen molar-refractivity contribution in [2.75, 3.05) is 0 Å². The molecular formula is C16H23NO2. The van der Waals surface area contributed by atoms with Crippen molar-refractivity contribution in [1.29, 1.82) is 0 Å². The smallest absolute Gasteiger partial charge is 0.326 e. The molecule has 2 rings (SSSR count). The summed E-state index contributed by atoms with van der Waals surface area (Å²) >= 11 is 0. The van der Waals surface area contributed by atoms with E-state index >= 15 is 0 Å². The lowest BCUT2D eigenvalue weighted by molar-refractivity contribution is -0.153. The Bertz CT molecular complexity index is 408. The minimum Gasteiger partial charge on any atom is -0.459 e. The van der Waals surface area contributed by atoms with Crippen LogP contribution in [-0.2, 0) is 16.1 Å². The number of hydrogen-bond donors (Lipinski definition) is 1. The highest BCUT2D eigenvalue weighted by Gasteiger charge is 2.39. The summed E-state index contributed by atoms with van der Waals surface area (Å²) in [5, 5.41) is 0. The summed E-state index contributed by atoms with van der Waals surface area (Å²) in [7, 11) is 0. The van der Waals surface area contributed by atoms with E-state index in [9.17, 15) is 4.79 Å². The fourth-order valence-corrected chi connectivity index (χ4v) is 2.67. The summed E-state index contributed by atoms with van der Waals surface area (Å²) in [6.45, 7) is 2.51. The lowest BCUT2D eigenvalue weighted by Crippen LogP contribution is -2.51. The Morgan fingerprint density at radius 3 is 2.53 bits per heavy atom. The monoisotopic (exact) mass is 261 g/mol. The number of nitrogens with two attached hydrogens (primary N) is 1. The van der Waals surface area contributed by atoms with Crippen molar-refractivity contribution in [3.05, 3.63) is 35.9 Å². The first kappa shape index (κ1) is 14.1. The molecule has 2 N–H and O–H groups in total. The Morgan fingerprint density at radius 1 is 1.32 bits per heavy atom. The molecule has 1 aromatic carbocycles. The molecule has 0 amide bonds. The zero-order chi connectivity index (χ0) is 13.7. The Balaban J connectivity index is 1.86. The predicted molar refractivity (Wildman–Crippen MR) is 75.4 cm³/mol. The van der Waals surface area contributed by atoms with Crippen LogP contribution in [0.4, 0.5) is 0 Å². The van der Waals surface area contributed by atoms with Gasteiger partial charge in [0.25, 0.3) is 0 Å². The van der Waals surface area contributed by atoms with Crippen LogP contribution in [0.25, 0.3) is 0 Å². The molecule has 19 heavy (non-hydrogen) atoms. The van der Waals surface area contributed by atoms with Crippen molar-refractivity contribution in [2.24, 2.45) is 11.7 Å². The molecule has 0 unspecified atom stereocenters. The second-order valence-electron chi connectivity index (χ2n) is 5.57. The summed E-state index contributed by atoms with van der Waals surface area (Å²) in [4.78, 5) is 12.1. The standard InChI is InChI=1S/C16H23NO2/c1-2-13-8-10-16(17,11-9-13)15(18)19-12-14-6-4-3-5-7-14/h3-7,13H,2,8-12,17H2,1H3. The van der Waals surface area contributed by atoms with Crippen LogP contribution in [0.15, 0.2) is 30.3 Å². The number of rotatable bonds is 4. The SMILES string of the molecule is CCC1CCC(N)(C(=O)OCc2ccccc2)CC1. The summed E-state index contributed by atoms with van der Waals surface area (Å²) in [6.07, 6.45) is 4.74. The molecule has 3 heteroatoms. The topological polar surface area (TPSA) is 52.3 Å². The van der Waals surface area contributed by atoms with E-state index in [1.54, 1.807) is 0 Å². The Hall–Kier alpha value is -1.35. The average molecular weight is 261 g/mol. The molecule has 0 atom stereocenters. The van der Waals surface area contributed by atoms with Gasteiger partial charge in [-0.25, -0.2) is 0 Å². The quantitative estimate of drug-likeness (QED) is 0.848. The van der Waals surface area contributed by atoms with Crippen LogP contribution >= 0.6 is 0 Å². The summed E-state index contributed by atoms with van der Waals surface area (Å²) < 4.78 is 5.38. The molecule has 0 aromatic heterocycles. The molecule has 3 nitrogen and oxygen atoms in total. The fraction of sp³-hybridized carbons (Fsp3) is 0.562. The lowest BCUT2D eigenvalue weighted by atomic mass is 9.76. The molecule has 0 aliphatic heterocycles. The van der Waals surface area contributed by atoms with Crippen LogP contribution in [0.3, 0.4) is 0 Å². The van der Waals surface area contributed by atoms with Crippen LogP contribution in [0.2, 0.25) is 0 Å². The van der Waals surface area contributed by atoms with Gasteiger partial charge in [-0.3, -0.25) is 4.79 Å². The molecule has 0 radical (unpaired) electrons. The van der Waals surface area contributed by atoms with E-state index in [-0.39, 0.29) is 5.97 Å². The van der Waals surface area contributed by atoms with Gasteiger partial charge in [-0.05, 0) is 37.2 Å². The Morgan fingerprint density at radius 2 is 1.95 bits per heavy atom. The molecule has 0 spiro atoms. The molecule has 0 saturated heterocycles. The summed E-state index contributed by atoms with van der Waals surface area (Å²) in [6, 6.07) is 9.72. The van der Waals surface area contributed by atoms with Crippen LogP contribution in [-0.4, -0.2) is 11.5 Å². The molecular weight excluding hydrogens is 238 g/mol. The third-order valence-electron chi connectivity index (χ3n) is 4.19. The Labute approximate surface area is 115 Å². The van der Waals surface area contributed by atoms with Crippen LogP contribution < -0.4 is 5.73 Å². The molecule has 0 bridgehead atoms. The number of ether oxygens (including phenoxy) is 1. The van der Waals surface area contributed by atoms with E-state index in [4.69, 9.17) is 10.5 Å². The lowest BCUT2D eigenvalue weighted by Gasteiger charge is -2.34. The van der Waals surface area contributed by atoms with E-state index in [1.165, 1.54) is 6.42 Å². The summed E-state index contributed by atoms with van der Waals surface area (Å²) in [5.41, 5.74) is 6.45. The van der Waals surface area contributed by atoms with E-state index in [1.807, 2.05) is 30.3 Å². The van der Waals surface area contributed by atoms with Gasteiger partial charge in [0, 0.05) is 0 Å². The van der Waals surface area contributed by atoms with Crippen LogP contribution in [0.5, 0.6) is 0 Å². The van der Waals surface area contributed by atoms with Crippen molar-refractivity contribution in [2.45, 2.75) is 51.2 Å². The first-order chi connectivity index (χ1) is 9.14. The highest BCUT2D eigenvalue weighted by Crippen LogP contribution is 2.33. The second-order valence-corrected chi connectivity index (χ2v) is 5.57. The molecule has 1 aliphatic carbocycles. The number of hydrogen-bond acceptors (Lipinski definition) is 3. The van der Waals surface area contributed by atoms with Crippen molar-refractivity contribution in [3.8, 4) is 0 Å². The second kappa shape index (κ2) is 6.20. The van der Waals surface area contributed by atoms with Gasteiger partial charge < -0.3 is 10.5 Å². The van der Waals surface area contributed by atoms with E-state index in [0.717, 1.165) is 37.2 Å². The maximum atomic E-state index is 12.1. The Kier molecular flexibility index (Phi) is 4.59. The normalized spacial score (nSPS) is 26.9.